The lowest BCUT2D eigenvalue weighted by molar-refractivity contribution is -0.0138. The third-order valence-electron chi connectivity index (χ3n) is 3.36. The Bertz CT molecular complexity index is 459. The van der Waals surface area contributed by atoms with Gasteiger partial charge in [-0.1, -0.05) is 0 Å². The molecule has 1 fully saturated rings. The summed E-state index contributed by atoms with van der Waals surface area (Å²) in [7, 11) is 0. The second kappa shape index (κ2) is 4.03. The van der Waals surface area contributed by atoms with Gasteiger partial charge in [0.15, 0.2) is 0 Å². The Labute approximate surface area is 100 Å². The highest BCUT2D eigenvalue weighted by molar-refractivity contribution is 5.45. The van der Waals surface area contributed by atoms with Crippen molar-refractivity contribution in [2.45, 2.75) is 37.9 Å². The molecule has 2 nitrogen and oxygen atoms in total. The molecule has 0 radical (unpaired) electrons. The van der Waals surface area contributed by atoms with E-state index in [9.17, 15) is 17.6 Å². The normalized spacial score (nSPS) is 25.8. The smallest absolute Gasteiger partial charge is 0.207 e. The second-order valence-electron chi connectivity index (χ2n) is 4.51. The minimum absolute atomic E-state index is 0.426. The largest absolute Gasteiger partial charge is 0.480 e. The van der Waals surface area contributed by atoms with E-state index in [-0.39, 0.29) is 0 Å². The summed E-state index contributed by atoms with van der Waals surface area (Å²) in [6, 6.07) is 0. The van der Waals surface area contributed by atoms with E-state index in [1.54, 1.807) is 0 Å². The van der Waals surface area contributed by atoms with Crippen molar-refractivity contribution in [3.63, 3.8) is 0 Å². The standard InChI is InChI=1S/C12H10F4O2/c13-7-8(14)10(16)12-11(9(7)15)17-5-3-1-2-4-6(5)18-12/h5-6H,1-4H2. The zero-order valence-corrected chi connectivity index (χ0v) is 9.31. The molecule has 1 aromatic rings. The van der Waals surface area contributed by atoms with Gasteiger partial charge in [-0.3, -0.25) is 0 Å². The summed E-state index contributed by atoms with van der Waals surface area (Å²) in [6.45, 7) is 0. The van der Waals surface area contributed by atoms with E-state index in [2.05, 4.69) is 0 Å². The molecule has 0 bridgehead atoms. The fourth-order valence-corrected chi connectivity index (χ4v) is 2.44. The van der Waals surface area contributed by atoms with Gasteiger partial charge < -0.3 is 9.47 Å². The molecule has 98 valence electrons. The van der Waals surface area contributed by atoms with Gasteiger partial charge in [-0.05, 0) is 25.7 Å². The molecule has 1 aliphatic carbocycles. The Morgan fingerprint density at radius 1 is 0.667 bits per heavy atom. The molecule has 0 spiro atoms. The Kier molecular flexibility index (Phi) is 2.60. The third-order valence-corrected chi connectivity index (χ3v) is 3.36. The van der Waals surface area contributed by atoms with Crippen molar-refractivity contribution in [1.82, 2.24) is 0 Å². The van der Waals surface area contributed by atoms with Gasteiger partial charge in [0.2, 0.25) is 34.8 Å². The molecule has 3 rings (SSSR count). The molecule has 2 atom stereocenters. The Hall–Kier alpha value is -1.46. The lowest BCUT2D eigenvalue weighted by atomic mass is 9.93. The molecule has 6 heteroatoms. The molecule has 2 aliphatic rings. The maximum atomic E-state index is 13.5. The highest BCUT2D eigenvalue weighted by Crippen LogP contribution is 2.43. The first-order valence-electron chi connectivity index (χ1n) is 5.79. The summed E-state index contributed by atoms with van der Waals surface area (Å²) in [5, 5.41) is 0. The fourth-order valence-electron chi connectivity index (χ4n) is 2.44. The van der Waals surface area contributed by atoms with Crippen LogP contribution >= 0.6 is 0 Å². The van der Waals surface area contributed by atoms with Crippen molar-refractivity contribution in [2.24, 2.45) is 0 Å². The van der Waals surface area contributed by atoms with Crippen molar-refractivity contribution >= 4 is 0 Å². The van der Waals surface area contributed by atoms with Gasteiger partial charge in [-0.25, -0.2) is 8.78 Å². The first kappa shape index (κ1) is 11.6. The number of rotatable bonds is 0. The van der Waals surface area contributed by atoms with E-state index >= 15 is 0 Å². The van der Waals surface area contributed by atoms with Gasteiger partial charge in [0, 0.05) is 0 Å². The number of fused-ring (bicyclic) bond motifs is 2. The van der Waals surface area contributed by atoms with Crippen LogP contribution in [0.1, 0.15) is 25.7 Å². The van der Waals surface area contributed by atoms with Crippen LogP contribution in [0.5, 0.6) is 11.5 Å². The maximum absolute atomic E-state index is 13.5. The molecule has 0 aromatic heterocycles. The van der Waals surface area contributed by atoms with Gasteiger partial charge in [-0.2, -0.15) is 8.78 Å². The molecule has 1 saturated carbocycles. The highest BCUT2D eigenvalue weighted by atomic mass is 19.2. The summed E-state index contributed by atoms with van der Waals surface area (Å²) < 4.78 is 63.6. The second-order valence-corrected chi connectivity index (χ2v) is 4.51. The van der Waals surface area contributed by atoms with Crippen molar-refractivity contribution in [2.75, 3.05) is 0 Å². The molecule has 1 heterocycles. The molecular weight excluding hydrogens is 252 g/mol. The zero-order valence-electron chi connectivity index (χ0n) is 9.31. The topological polar surface area (TPSA) is 18.5 Å². The third kappa shape index (κ3) is 1.54. The predicted molar refractivity (Wildman–Crippen MR) is 53.6 cm³/mol. The van der Waals surface area contributed by atoms with Crippen LogP contribution in [0.4, 0.5) is 17.6 Å². The zero-order chi connectivity index (χ0) is 12.9. The minimum atomic E-state index is -1.87. The van der Waals surface area contributed by atoms with Gasteiger partial charge in [0.25, 0.3) is 0 Å². The SMILES string of the molecule is Fc1c(F)c(F)c2c(c1F)OC1CCCCC1O2. The molecular formula is C12H10F4O2. The lowest BCUT2D eigenvalue weighted by Crippen LogP contribution is -2.42. The van der Waals surface area contributed by atoms with Crippen LogP contribution in [-0.4, -0.2) is 12.2 Å². The molecule has 0 saturated heterocycles. The van der Waals surface area contributed by atoms with E-state index < -0.39 is 47.0 Å². The number of ether oxygens (including phenoxy) is 2. The highest BCUT2D eigenvalue weighted by Gasteiger charge is 2.39. The van der Waals surface area contributed by atoms with E-state index in [0.29, 0.717) is 12.8 Å². The first-order chi connectivity index (χ1) is 8.59. The Morgan fingerprint density at radius 2 is 1.06 bits per heavy atom. The Balaban J connectivity index is 2.10. The summed E-state index contributed by atoms with van der Waals surface area (Å²) >= 11 is 0. The van der Waals surface area contributed by atoms with E-state index in [1.165, 1.54) is 0 Å². The quantitative estimate of drug-likeness (QED) is 0.405. The van der Waals surface area contributed by atoms with Crippen molar-refractivity contribution < 1.29 is 27.0 Å². The van der Waals surface area contributed by atoms with Crippen LogP contribution in [0.3, 0.4) is 0 Å². The average molecular weight is 262 g/mol. The Morgan fingerprint density at radius 3 is 1.44 bits per heavy atom. The van der Waals surface area contributed by atoms with Crippen molar-refractivity contribution in [1.29, 1.82) is 0 Å². The maximum Gasteiger partial charge on any atom is 0.207 e. The summed E-state index contributed by atoms with van der Waals surface area (Å²) in [5.74, 6) is -8.13. The van der Waals surface area contributed by atoms with Crippen LogP contribution in [0.15, 0.2) is 0 Å². The molecule has 0 amide bonds. The molecule has 1 aliphatic heterocycles. The monoisotopic (exact) mass is 262 g/mol. The van der Waals surface area contributed by atoms with E-state index in [1.807, 2.05) is 0 Å². The van der Waals surface area contributed by atoms with Gasteiger partial charge in [0.05, 0.1) is 0 Å². The number of hydrogen-bond acceptors (Lipinski definition) is 2. The van der Waals surface area contributed by atoms with Crippen LogP contribution in [0, 0.1) is 23.3 Å². The average Bonchev–Trinajstić information content (AvgIpc) is 2.41. The van der Waals surface area contributed by atoms with Crippen molar-refractivity contribution in [3.05, 3.63) is 23.3 Å². The first-order valence-corrected chi connectivity index (χ1v) is 5.79. The van der Waals surface area contributed by atoms with Crippen LogP contribution in [0.2, 0.25) is 0 Å². The lowest BCUT2D eigenvalue weighted by Gasteiger charge is -2.37. The summed E-state index contributed by atoms with van der Waals surface area (Å²) in [6.07, 6.45) is 2.17. The fraction of sp³-hybridized carbons (Fsp3) is 0.500. The summed E-state index contributed by atoms with van der Waals surface area (Å²) in [5.41, 5.74) is 0. The molecule has 2 unspecified atom stereocenters. The molecule has 1 aromatic carbocycles. The van der Waals surface area contributed by atoms with Crippen LogP contribution in [0.25, 0.3) is 0 Å². The number of hydrogen-bond donors (Lipinski definition) is 0. The van der Waals surface area contributed by atoms with Crippen molar-refractivity contribution in [3.8, 4) is 11.5 Å². The van der Waals surface area contributed by atoms with E-state index in [0.717, 1.165) is 12.8 Å². The van der Waals surface area contributed by atoms with E-state index in [4.69, 9.17) is 9.47 Å². The van der Waals surface area contributed by atoms with Gasteiger partial charge in [0.1, 0.15) is 12.2 Å². The molecule has 18 heavy (non-hydrogen) atoms. The van der Waals surface area contributed by atoms with Crippen LogP contribution < -0.4 is 9.47 Å². The van der Waals surface area contributed by atoms with Gasteiger partial charge >= 0.3 is 0 Å². The molecule has 0 N–H and O–H groups in total. The van der Waals surface area contributed by atoms with Gasteiger partial charge in [-0.15, -0.1) is 0 Å². The number of halogens is 4. The summed E-state index contributed by atoms with van der Waals surface area (Å²) in [4.78, 5) is 0. The predicted octanol–water partition coefficient (Wildman–Crippen LogP) is 3.33. The van der Waals surface area contributed by atoms with Crippen LogP contribution in [-0.2, 0) is 0 Å². The minimum Gasteiger partial charge on any atom is -0.480 e. The number of benzene rings is 1.